The molecular weight excluding hydrogens is 308 g/mol. The second-order valence-corrected chi connectivity index (χ2v) is 6.84. The summed E-state index contributed by atoms with van der Waals surface area (Å²) >= 11 is 3.28. The minimum atomic E-state index is -3.52. The number of amides is 1. The van der Waals surface area contributed by atoms with Crippen LogP contribution < -0.4 is 4.72 Å². The van der Waals surface area contributed by atoms with Crippen LogP contribution in [0.4, 0.5) is 0 Å². The van der Waals surface area contributed by atoms with E-state index in [0.717, 1.165) is 16.3 Å². The molecule has 0 radical (unpaired) electrons. The Bertz CT molecular complexity index is 567. The second kappa shape index (κ2) is 4.06. The van der Waals surface area contributed by atoms with Crippen LogP contribution in [0.2, 0.25) is 0 Å². The van der Waals surface area contributed by atoms with Crippen LogP contribution in [-0.2, 0) is 20.2 Å². The first-order valence-electron chi connectivity index (χ1n) is 4.97. The molecule has 5 nitrogen and oxygen atoms in total. The molecule has 0 saturated heterocycles. The number of rotatable bonds is 3. The van der Waals surface area contributed by atoms with Crippen molar-refractivity contribution in [3.05, 3.63) is 28.5 Å². The fourth-order valence-corrected chi connectivity index (χ4v) is 2.61. The molecule has 92 valence electrons. The zero-order valence-electron chi connectivity index (χ0n) is 9.10. The summed E-state index contributed by atoms with van der Waals surface area (Å²) < 4.78 is 24.9. The molecule has 1 aliphatic carbocycles. The average Bonchev–Trinajstić information content (AvgIpc) is 2.95. The van der Waals surface area contributed by atoms with Gasteiger partial charge in [0, 0.05) is 16.9 Å². The normalized spacial score (nSPS) is 17.5. The van der Waals surface area contributed by atoms with E-state index >= 15 is 0 Å². The predicted octanol–water partition coefficient (Wildman–Crippen LogP) is 0.952. The highest BCUT2D eigenvalue weighted by molar-refractivity contribution is 9.10. The van der Waals surface area contributed by atoms with Crippen molar-refractivity contribution in [1.82, 2.24) is 9.71 Å². The van der Waals surface area contributed by atoms with Crippen LogP contribution in [0.3, 0.4) is 0 Å². The largest absolute Gasteiger partial charge is 0.273 e. The van der Waals surface area contributed by atoms with Gasteiger partial charge >= 0.3 is 0 Å². The standard InChI is InChI=1S/C10H11BrN2O3S/c1-17(15,16)13-9(14)10(2-3-10)7-4-8(11)6-12-5-7/h4-6H,2-3H2,1H3,(H,13,14). The molecule has 2 rings (SSSR count). The monoisotopic (exact) mass is 318 g/mol. The molecule has 1 amide bonds. The molecule has 0 bridgehead atoms. The fraction of sp³-hybridized carbons (Fsp3) is 0.400. The molecule has 1 saturated carbocycles. The Kier molecular flexibility index (Phi) is 2.99. The number of hydrogen-bond donors (Lipinski definition) is 1. The smallest absolute Gasteiger partial charge is 0.244 e. The van der Waals surface area contributed by atoms with Crippen molar-refractivity contribution < 1.29 is 13.2 Å². The van der Waals surface area contributed by atoms with Crippen molar-refractivity contribution in [3.8, 4) is 0 Å². The predicted molar refractivity (Wildman–Crippen MR) is 65.8 cm³/mol. The number of aromatic nitrogens is 1. The summed E-state index contributed by atoms with van der Waals surface area (Å²) in [5, 5.41) is 0. The van der Waals surface area contributed by atoms with Crippen molar-refractivity contribution >= 4 is 31.9 Å². The topological polar surface area (TPSA) is 76.1 Å². The van der Waals surface area contributed by atoms with Gasteiger partial charge in [-0.15, -0.1) is 0 Å². The Labute approximate surface area is 108 Å². The highest BCUT2D eigenvalue weighted by Crippen LogP contribution is 2.48. The maximum atomic E-state index is 11.9. The van der Waals surface area contributed by atoms with Gasteiger partial charge in [-0.25, -0.2) is 8.42 Å². The first-order chi connectivity index (χ1) is 7.83. The molecule has 1 N–H and O–H groups in total. The molecule has 0 spiro atoms. The van der Waals surface area contributed by atoms with E-state index < -0.39 is 21.3 Å². The van der Waals surface area contributed by atoms with Gasteiger partial charge in [0.25, 0.3) is 0 Å². The highest BCUT2D eigenvalue weighted by Gasteiger charge is 2.52. The minimum absolute atomic E-state index is 0.472. The van der Waals surface area contributed by atoms with Gasteiger partial charge in [-0.1, -0.05) is 0 Å². The van der Waals surface area contributed by atoms with Crippen molar-refractivity contribution in [2.24, 2.45) is 0 Å². The van der Waals surface area contributed by atoms with Gasteiger partial charge in [-0.05, 0) is 40.4 Å². The Hall–Kier alpha value is -0.950. The lowest BCUT2D eigenvalue weighted by atomic mass is 9.97. The zero-order chi connectivity index (χ0) is 12.7. The minimum Gasteiger partial charge on any atom is -0.273 e. The Balaban J connectivity index is 2.29. The van der Waals surface area contributed by atoms with E-state index in [-0.39, 0.29) is 0 Å². The number of carbonyl (C=O) groups excluding carboxylic acids is 1. The van der Waals surface area contributed by atoms with Crippen molar-refractivity contribution in [2.45, 2.75) is 18.3 Å². The van der Waals surface area contributed by atoms with Crippen LogP contribution in [0.5, 0.6) is 0 Å². The van der Waals surface area contributed by atoms with E-state index in [9.17, 15) is 13.2 Å². The lowest BCUT2D eigenvalue weighted by molar-refractivity contribution is -0.121. The molecule has 1 aromatic heterocycles. The molecular formula is C10H11BrN2O3S. The van der Waals surface area contributed by atoms with E-state index in [2.05, 4.69) is 20.9 Å². The maximum absolute atomic E-state index is 11.9. The Morgan fingerprint density at radius 3 is 2.59 bits per heavy atom. The number of hydrogen-bond acceptors (Lipinski definition) is 4. The summed E-state index contributed by atoms with van der Waals surface area (Å²) in [6.45, 7) is 0. The third kappa shape index (κ3) is 2.66. The van der Waals surface area contributed by atoms with Gasteiger partial charge in [0.05, 0.1) is 11.7 Å². The SMILES string of the molecule is CS(=O)(=O)NC(=O)C1(c2cncc(Br)c2)CC1. The number of pyridine rings is 1. The third-order valence-electron chi connectivity index (χ3n) is 2.72. The lowest BCUT2D eigenvalue weighted by Crippen LogP contribution is -2.38. The first kappa shape index (κ1) is 12.5. The van der Waals surface area contributed by atoms with Crippen LogP contribution in [0.1, 0.15) is 18.4 Å². The van der Waals surface area contributed by atoms with Crippen molar-refractivity contribution in [3.63, 3.8) is 0 Å². The molecule has 1 fully saturated rings. The van der Waals surface area contributed by atoms with Gasteiger partial charge in [0.1, 0.15) is 0 Å². The van der Waals surface area contributed by atoms with E-state index in [1.807, 2.05) is 4.72 Å². The maximum Gasteiger partial charge on any atom is 0.244 e. The number of nitrogens with zero attached hydrogens (tertiary/aromatic N) is 1. The Morgan fingerprint density at radius 2 is 2.12 bits per heavy atom. The second-order valence-electron chi connectivity index (χ2n) is 4.18. The number of carbonyl (C=O) groups is 1. The summed E-state index contributed by atoms with van der Waals surface area (Å²) in [6, 6.07) is 1.79. The number of sulfonamides is 1. The molecule has 0 aromatic carbocycles. The molecule has 0 atom stereocenters. The van der Waals surface area contributed by atoms with Gasteiger partial charge in [0.15, 0.2) is 0 Å². The van der Waals surface area contributed by atoms with Crippen molar-refractivity contribution in [2.75, 3.05) is 6.26 Å². The van der Waals surface area contributed by atoms with E-state index in [0.29, 0.717) is 12.8 Å². The molecule has 0 unspecified atom stereocenters. The summed E-state index contributed by atoms with van der Waals surface area (Å²) in [5.74, 6) is -0.472. The molecule has 1 aromatic rings. The van der Waals surface area contributed by atoms with E-state index in [1.165, 1.54) is 0 Å². The van der Waals surface area contributed by atoms with Gasteiger partial charge < -0.3 is 0 Å². The average molecular weight is 319 g/mol. The number of halogens is 1. The fourth-order valence-electron chi connectivity index (χ4n) is 1.71. The van der Waals surface area contributed by atoms with Gasteiger partial charge in [0.2, 0.25) is 15.9 Å². The van der Waals surface area contributed by atoms with Crippen LogP contribution in [-0.4, -0.2) is 25.6 Å². The van der Waals surface area contributed by atoms with Crippen LogP contribution >= 0.6 is 15.9 Å². The summed E-state index contributed by atoms with van der Waals surface area (Å²) in [5.41, 5.74) is 0.0212. The summed E-state index contributed by atoms with van der Waals surface area (Å²) in [7, 11) is -3.52. The highest BCUT2D eigenvalue weighted by atomic mass is 79.9. The third-order valence-corrected chi connectivity index (χ3v) is 3.71. The van der Waals surface area contributed by atoms with Crippen LogP contribution in [0.25, 0.3) is 0 Å². The van der Waals surface area contributed by atoms with Crippen LogP contribution in [0, 0.1) is 0 Å². The lowest BCUT2D eigenvalue weighted by Gasteiger charge is -2.14. The summed E-state index contributed by atoms with van der Waals surface area (Å²) in [4.78, 5) is 15.9. The van der Waals surface area contributed by atoms with E-state index in [1.54, 1.807) is 18.5 Å². The molecule has 1 heterocycles. The number of nitrogens with one attached hydrogen (secondary N) is 1. The van der Waals surface area contributed by atoms with Crippen LogP contribution in [0.15, 0.2) is 22.9 Å². The Morgan fingerprint density at radius 1 is 1.47 bits per heavy atom. The molecule has 1 aliphatic rings. The summed E-state index contributed by atoms with van der Waals surface area (Å²) in [6.07, 6.45) is 5.48. The molecule has 7 heteroatoms. The van der Waals surface area contributed by atoms with E-state index in [4.69, 9.17) is 0 Å². The molecule has 17 heavy (non-hydrogen) atoms. The molecule has 0 aliphatic heterocycles. The van der Waals surface area contributed by atoms with Crippen molar-refractivity contribution in [1.29, 1.82) is 0 Å². The quantitative estimate of drug-likeness (QED) is 0.900. The van der Waals surface area contributed by atoms with Gasteiger partial charge in [-0.3, -0.25) is 14.5 Å². The zero-order valence-corrected chi connectivity index (χ0v) is 11.5. The van der Waals surface area contributed by atoms with Gasteiger partial charge in [-0.2, -0.15) is 0 Å². The first-order valence-corrected chi connectivity index (χ1v) is 7.65.